The number of hydrogen-bond acceptors (Lipinski definition) is 15. The monoisotopic (exact) mass is 1420 g/mol. The van der Waals surface area contributed by atoms with Gasteiger partial charge in [-0.15, -0.1) is 0 Å². The molecule has 0 rings (SSSR count). The number of rotatable bonds is 78. The molecule has 19 heteroatoms. The fourth-order valence-electron chi connectivity index (χ4n) is 12.0. The van der Waals surface area contributed by atoms with E-state index in [2.05, 4.69) is 34.6 Å². The van der Waals surface area contributed by atoms with Crippen LogP contribution < -0.4 is 0 Å². The summed E-state index contributed by atoms with van der Waals surface area (Å²) in [6.45, 7) is 7.33. The Morgan fingerprint density at radius 1 is 0.289 bits per heavy atom. The molecule has 0 heterocycles. The van der Waals surface area contributed by atoms with E-state index in [1.165, 1.54) is 225 Å². The molecule has 0 aliphatic heterocycles. The van der Waals surface area contributed by atoms with Gasteiger partial charge in [0.1, 0.15) is 19.3 Å². The third-order valence-corrected chi connectivity index (χ3v) is 20.5. The average molecular weight is 1420 g/mol. The molecule has 0 aromatic rings. The Hall–Kier alpha value is -1.94. The Morgan fingerprint density at radius 2 is 0.495 bits per heavy atom. The van der Waals surface area contributed by atoms with Crippen molar-refractivity contribution >= 4 is 39.5 Å². The summed E-state index contributed by atoms with van der Waals surface area (Å²) in [4.78, 5) is 72.8. The minimum absolute atomic E-state index is 0.108. The molecular weight excluding hydrogens is 1270 g/mol. The van der Waals surface area contributed by atoms with Gasteiger partial charge < -0.3 is 33.8 Å². The molecule has 17 nitrogen and oxygen atoms in total. The lowest BCUT2D eigenvalue weighted by Gasteiger charge is -2.21. The summed E-state index contributed by atoms with van der Waals surface area (Å²) in [6.07, 6.45) is 61.0. The second-order valence-corrected chi connectivity index (χ2v) is 31.3. The van der Waals surface area contributed by atoms with Gasteiger partial charge in [-0.1, -0.05) is 362 Å². The maximum absolute atomic E-state index is 13.1. The van der Waals surface area contributed by atoms with Gasteiger partial charge in [-0.2, -0.15) is 0 Å². The first-order valence-electron chi connectivity index (χ1n) is 40.7. The number of aliphatic hydroxyl groups excluding tert-OH is 1. The molecule has 0 spiro atoms. The Morgan fingerprint density at radius 3 is 0.732 bits per heavy atom. The summed E-state index contributed by atoms with van der Waals surface area (Å²) in [6, 6.07) is 0. The summed E-state index contributed by atoms with van der Waals surface area (Å²) >= 11 is 0. The van der Waals surface area contributed by atoms with Crippen molar-refractivity contribution in [3.8, 4) is 0 Å². The Labute approximate surface area is 594 Å². The van der Waals surface area contributed by atoms with E-state index in [-0.39, 0.29) is 25.7 Å². The minimum Gasteiger partial charge on any atom is -0.462 e. The maximum atomic E-state index is 13.1. The lowest BCUT2D eigenvalue weighted by atomic mass is 9.99. The highest BCUT2D eigenvalue weighted by molar-refractivity contribution is 7.47. The molecule has 0 amide bonds. The van der Waals surface area contributed by atoms with Crippen LogP contribution in [0.1, 0.15) is 413 Å². The van der Waals surface area contributed by atoms with Crippen LogP contribution in [0.5, 0.6) is 0 Å². The van der Waals surface area contributed by atoms with Gasteiger partial charge in [0.2, 0.25) is 0 Å². The first-order valence-corrected chi connectivity index (χ1v) is 43.7. The number of carbonyl (C=O) groups is 4. The number of unbranched alkanes of at least 4 members (excludes halogenated alkanes) is 49. The van der Waals surface area contributed by atoms with Crippen LogP contribution >= 0.6 is 15.6 Å². The van der Waals surface area contributed by atoms with Gasteiger partial charge >= 0.3 is 39.5 Å². The van der Waals surface area contributed by atoms with Crippen LogP contribution in [-0.2, 0) is 65.4 Å². The summed E-state index contributed by atoms with van der Waals surface area (Å²) < 4.78 is 68.5. The number of ether oxygens (including phenoxy) is 4. The van der Waals surface area contributed by atoms with Gasteiger partial charge in [0.05, 0.1) is 26.4 Å². The van der Waals surface area contributed by atoms with Crippen molar-refractivity contribution in [2.75, 3.05) is 39.6 Å². The molecule has 0 aliphatic rings. The number of esters is 4. The fraction of sp³-hybridized carbons (Fsp3) is 0.949. The lowest BCUT2D eigenvalue weighted by Crippen LogP contribution is -2.30. The van der Waals surface area contributed by atoms with Crippen molar-refractivity contribution in [1.29, 1.82) is 0 Å². The standard InChI is InChI=1S/C78H152O17P2/c1-6-10-13-16-19-21-23-25-27-28-30-34-38-42-47-52-57-62-76(81)89-68-74(95-78(83)64-59-54-49-44-40-36-32-31-33-37-41-46-50-55-60-71(5)9-4)70-93-97(86,87)91-66-72(79)65-90-96(84,85)92-69-73(67-88-75(80)61-56-51-45-18-15-12-8-3)94-77(82)63-58-53-48-43-39-35-29-26-24-22-20-17-14-11-7-2/h71-74,79H,6-70H2,1-5H3,(H,84,85)(H,86,87)/t71?,72-,73+,74+/m0/s1. The van der Waals surface area contributed by atoms with E-state index in [0.29, 0.717) is 25.7 Å². The molecule has 0 bridgehead atoms. The van der Waals surface area contributed by atoms with Crippen molar-refractivity contribution in [2.45, 2.75) is 432 Å². The van der Waals surface area contributed by atoms with E-state index in [1.807, 2.05) is 0 Å². The lowest BCUT2D eigenvalue weighted by molar-refractivity contribution is -0.161. The molecule has 576 valence electrons. The van der Waals surface area contributed by atoms with E-state index >= 15 is 0 Å². The third kappa shape index (κ3) is 70.9. The van der Waals surface area contributed by atoms with Gasteiger partial charge in [-0.05, 0) is 31.6 Å². The van der Waals surface area contributed by atoms with Crippen LogP contribution in [-0.4, -0.2) is 96.7 Å². The van der Waals surface area contributed by atoms with Crippen molar-refractivity contribution in [1.82, 2.24) is 0 Å². The van der Waals surface area contributed by atoms with Crippen LogP contribution in [0.25, 0.3) is 0 Å². The van der Waals surface area contributed by atoms with Gasteiger partial charge in [0.25, 0.3) is 0 Å². The molecule has 0 aromatic carbocycles. The highest BCUT2D eigenvalue weighted by Crippen LogP contribution is 2.45. The van der Waals surface area contributed by atoms with Gasteiger partial charge in [-0.3, -0.25) is 37.3 Å². The molecule has 0 saturated carbocycles. The van der Waals surface area contributed by atoms with Gasteiger partial charge in [-0.25, -0.2) is 9.13 Å². The molecule has 0 radical (unpaired) electrons. The number of carbonyl (C=O) groups excluding carboxylic acids is 4. The quantitative estimate of drug-likeness (QED) is 0.0222. The second kappa shape index (κ2) is 71.1. The molecule has 3 N–H and O–H groups in total. The van der Waals surface area contributed by atoms with Crippen molar-refractivity contribution in [2.24, 2.45) is 5.92 Å². The third-order valence-electron chi connectivity index (χ3n) is 18.6. The zero-order valence-corrected chi connectivity index (χ0v) is 65.0. The van der Waals surface area contributed by atoms with Crippen LogP contribution in [0.2, 0.25) is 0 Å². The molecule has 97 heavy (non-hydrogen) atoms. The van der Waals surface area contributed by atoms with Crippen LogP contribution in [0.15, 0.2) is 0 Å². The highest BCUT2D eigenvalue weighted by atomic mass is 31.2. The topological polar surface area (TPSA) is 237 Å². The summed E-state index contributed by atoms with van der Waals surface area (Å²) in [5, 5.41) is 10.6. The van der Waals surface area contributed by atoms with Crippen molar-refractivity contribution in [3.63, 3.8) is 0 Å². The first-order chi connectivity index (χ1) is 47.1. The zero-order valence-electron chi connectivity index (χ0n) is 63.2. The molecule has 6 atom stereocenters. The van der Waals surface area contributed by atoms with Crippen molar-refractivity contribution < 1.29 is 80.2 Å². The van der Waals surface area contributed by atoms with E-state index in [9.17, 15) is 43.2 Å². The molecule has 0 saturated heterocycles. The fourth-order valence-corrected chi connectivity index (χ4v) is 13.6. The van der Waals surface area contributed by atoms with Crippen LogP contribution in [0.3, 0.4) is 0 Å². The smallest absolute Gasteiger partial charge is 0.462 e. The number of phosphoric ester groups is 2. The predicted octanol–water partition coefficient (Wildman–Crippen LogP) is 23.3. The Balaban J connectivity index is 5.19. The molecule has 3 unspecified atom stereocenters. The maximum Gasteiger partial charge on any atom is 0.472 e. The number of phosphoric acid groups is 2. The first kappa shape index (κ1) is 95.1. The van der Waals surface area contributed by atoms with Gasteiger partial charge in [0, 0.05) is 25.7 Å². The SMILES string of the molecule is CCCCCCCCCCCCCCCCCCCC(=O)OC[C@H](COP(=O)(O)OC[C@@H](O)COP(=O)(O)OC[C@@H](COC(=O)CCCCCCCCC)OC(=O)CCCCCCCCCCCCCCCCC)OC(=O)CCCCCCCCCCCCCCCCC(C)CC. The molecule has 0 fully saturated rings. The Bertz CT molecular complexity index is 1860. The Kier molecular flexibility index (Phi) is 69.6. The van der Waals surface area contributed by atoms with E-state index in [1.54, 1.807) is 0 Å². The van der Waals surface area contributed by atoms with E-state index in [0.717, 1.165) is 109 Å². The summed E-state index contributed by atoms with van der Waals surface area (Å²) in [7, 11) is -9.91. The largest absolute Gasteiger partial charge is 0.472 e. The molecule has 0 aromatic heterocycles. The minimum atomic E-state index is -4.96. The second-order valence-electron chi connectivity index (χ2n) is 28.3. The van der Waals surface area contributed by atoms with Crippen LogP contribution in [0, 0.1) is 5.92 Å². The summed E-state index contributed by atoms with van der Waals surface area (Å²) in [5.41, 5.74) is 0. The van der Waals surface area contributed by atoms with Crippen molar-refractivity contribution in [3.05, 3.63) is 0 Å². The number of aliphatic hydroxyl groups is 1. The normalized spacial score (nSPS) is 14.2. The highest BCUT2D eigenvalue weighted by Gasteiger charge is 2.30. The van der Waals surface area contributed by atoms with E-state index in [4.69, 9.17) is 37.0 Å². The predicted molar refractivity (Wildman–Crippen MR) is 395 cm³/mol. The molecular formula is C78H152O17P2. The average Bonchev–Trinajstić information content (AvgIpc) is 1.84. The number of hydrogen-bond donors (Lipinski definition) is 3. The van der Waals surface area contributed by atoms with Gasteiger partial charge in [0.15, 0.2) is 12.2 Å². The molecule has 0 aliphatic carbocycles. The van der Waals surface area contributed by atoms with E-state index < -0.39 is 97.5 Å². The summed E-state index contributed by atoms with van der Waals surface area (Å²) in [5.74, 6) is -1.27. The zero-order chi connectivity index (χ0) is 71.2. The van der Waals surface area contributed by atoms with Crippen LogP contribution in [0.4, 0.5) is 0 Å².